The van der Waals surface area contributed by atoms with Gasteiger partial charge in [-0.1, -0.05) is 12.2 Å². The van der Waals surface area contributed by atoms with Gasteiger partial charge in [0.2, 0.25) is 5.11 Å². The minimum Gasteiger partial charge on any atom is -0.442 e. The van der Waals surface area contributed by atoms with Crippen LogP contribution in [-0.2, 0) is 4.74 Å². The summed E-state index contributed by atoms with van der Waals surface area (Å²) >= 11 is 10.4. The Morgan fingerprint density at radius 1 is 1.27 bits per heavy atom. The summed E-state index contributed by atoms with van der Waals surface area (Å²) in [6, 6.07) is 5.05. The van der Waals surface area contributed by atoms with Crippen molar-refractivity contribution in [1.82, 2.24) is 25.0 Å². The molecule has 2 aromatic rings. The number of carbonyl (C=O) groups excluding carboxylic acids is 1. The number of thiocarbonyl (C=S) groups is 2. The van der Waals surface area contributed by atoms with Crippen molar-refractivity contribution >= 4 is 58.0 Å². The molecule has 2 aliphatic heterocycles. The smallest absolute Gasteiger partial charge is 0.414 e. The van der Waals surface area contributed by atoms with Gasteiger partial charge in [-0.3, -0.25) is 4.90 Å². The molecule has 1 atom stereocenters. The molecule has 0 bridgehead atoms. The van der Waals surface area contributed by atoms with Gasteiger partial charge < -0.3 is 30.0 Å². The van der Waals surface area contributed by atoms with Crippen molar-refractivity contribution in [1.29, 1.82) is 0 Å². The van der Waals surface area contributed by atoms with Gasteiger partial charge >= 0.3 is 11.9 Å². The first kappa shape index (κ1) is 22.8. The average molecular weight is 491 g/mol. The Kier molecular flexibility index (Phi) is 6.65. The highest BCUT2D eigenvalue weighted by Crippen LogP contribution is 2.23. The number of nitro groups is 1. The Morgan fingerprint density at radius 3 is 2.64 bits per heavy atom. The Balaban J connectivity index is 1.32. The van der Waals surface area contributed by atoms with Crippen molar-refractivity contribution in [3.05, 3.63) is 40.7 Å². The number of ether oxygens (including phenoxy) is 1. The van der Waals surface area contributed by atoms with Crippen LogP contribution in [-0.4, -0.2) is 86.2 Å². The summed E-state index contributed by atoms with van der Waals surface area (Å²) in [7, 11) is 0. The van der Waals surface area contributed by atoms with Crippen LogP contribution < -0.4 is 15.1 Å². The van der Waals surface area contributed by atoms with E-state index >= 15 is 0 Å². The Morgan fingerprint density at radius 2 is 2.03 bits per heavy atom. The lowest BCUT2D eigenvalue weighted by atomic mass is 10.3. The highest BCUT2D eigenvalue weighted by atomic mass is 32.1. The second kappa shape index (κ2) is 9.62. The highest BCUT2D eigenvalue weighted by Gasteiger charge is 2.32. The molecule has 0 aliphatic carbocycles. The van der Waals surface area contributed by atoms with Crippen molar-refractivity contribution in [2.24, 2.45) is 0 Å². The molecule has 2 aromatic heterocycles. The molecule has 4 rings (SSSR count). The van der Waals surface area contributed by atoms with Gasteiger partial charge in [-0.25, -0.2) is 9.78 Å². The average Bonchev–Trinajstić information content (AvgIpc) is 3.45. The van der Waals surface area contributed by atoms with Crippen molar-refractivity contribution in [2.45, 2.75) is 13.0 Å². The lowest BCUT2D eigenvalue weighted by Crippen LogP contribution is -2.50. The largest absolute Gasteiger partial charge is 0.442 e. The third-order valence-electron chi connectivity index (χ3n) is 5.33. The van der Waals surface area contributed by atoms with Crippen LogP contribution in [0.15, 0.2) is 30.6 Å². The van der Waals surface area contributed by atoms with Gasteiger partial charge in [0.25, 0.3) is 0 Å². The number of aromatic nitrogens is 3. The van der Waals surface area contributed by atoms with Gasteiger partial charge in [-0.2, -0.15) is 0 Å². The van der Waals surface area contributed by atoms with Gasteiger partial charge in [-0.05, 0) is 36.2 Å². The van der Waals surface area contributed by atoms with E-state index in [1.807, 2.05) is 17.0 Å². The summed E-state index contributed by atoms with van der Waals surface area (Å²) in [6.07, 6.45) is 2.48. The molecular weight excluding hydrogens is 468 g/mol. The zero-order chi connectivity index (χ0) is 23.5. The van der Waals surface area contributed by atoms with Crippen molar-refractivity contribution < 1.29 is 14.5 Å². The molecule has 33 heavy (non-hydrogen) atoms. The molecule has 0 spiro atoms. The highest BCUT2D eigenvalue weighted by molar-refractivity contribution is 7.80. The minimum absolute atomic E-state index is 0.237. The van der Waals surface area contributed by atoms with Gasteiger partial charge in [0.05, 0.1) is 47.3 Å². The number of carbonyl (C=O) groups is 1. The number of piperazine rings is 1. The van der Waals surface area contributed by atoms with E-state index in [0.29, 0.717) is 55.1 Å². The van der Waals surface area contributed by atoms with E-state index in [-0.39, 0.29) is 11.9 Å². The molecule has 1 unspecified atom stereocenters. The number of pyridine rings is 1. The van der Waals surface area contributed by atoms with Crippen LogP contribution in [0.4, 0.5) is 22.1 Å². The summed E-state index contributed by atoms with van der Waals surface area (Å²) in [5, 5.41) is 18.2. The molecule has 14 heteroatoms. The molecule has 0 aromatic carbocycles. The maximum absolute atomic E-state index is 12.2. The second-order valence-corrected chi connectivity index (χ2v) is 8.54. The third-order valence-corrected chi connectivity index (χ3v) is 5.92. The quantitative estimate of drug-likeness (QED) is 0.372. The third kappa shape index (κ3) is 5.17. The number of nitrogens with zero attached hydrogens (tertiary/aromatic N) is 7. The molecule has 0 saturated carbocycles. The van der Waals surface area contributed by atoms with Gasteiger partial charge in [0.15, 0.2) is 0 Å². The predicted molar refractivity (Wildman–Crippen MR) is 129 cm³/mol. The van der Waals surface area contributed by atoms with Crippen LogP contribution in [0.5, 0.6) is 0 Å². The zero-order valence-electron chi connectivity index (χ0n) is 17.8. The molecule has 1 N–H and O–H groups in total. The van der Waals surface area contributed by atoms with E-state index in [2.05, 4.69) is 20.3 Å². The standard InChI is InChI=1S/C19H22N8O4S2/c1-13(32)20-11-15-12-25(19(28)31-15)14-2-3-16(21-10-14)23-6-8-24(9-7-23)18(33)26-5-4-17(22-26)27(29)30/h2-5,10,15H,6-9,11-12H2,1H3,(H,20,32). The lowest BCUT2D eigenvalue weighted by molar-refractivity contribution is -0.389. The number of hydrogen-bond donors (Lipinski definition) is 1. The van der Waals surface area contributed by atoms with E-state index in [1.165, 1.54) is 16.9 Å². The summed E-state index contributed by atoms with van der Waals surface area (Å²) in [5.41, 5.74) is 0.672. The van der Waals surface area contributed by atoms with Gasteiger partial charge in [0.1, 0.15) is 11.9 Å². The Hall–Kier alpha value is -3.39. The number of cyclic esters (lactones) is 1. The molecule has 2 fully saturated rings. The molecular formula is C19H22N8O4S2. The van der Waals surface area contributed by atoms with Crippen LogP contribution in [0.25, 0.3) is 0 Å². The number of hydrogen-bond acceptors (Lipinski definition) is 9. The molecule has 174 valence electrons. The van der Waals surface area contributed by atoms with Crippen molar-refractivity contribution in [3.8, 4) is 0 Å². The second-order valence-electron chi connectivity index (χ2n) is 7.56. The Labute approximate surface area is 200 Å². The summed E-state index contributed by atoms with van der Waals surface area (Å²) in [4.78, 5) is 33.3. The molecule has 2 aliphatic rings. The number of rotatable bonds is 5. The number of nitrogens with one attached hydrogen (secondary N) is 1. The monoisotopic (exact) mass is 490 g/mol. The maximum Gasteiger partial charge on any atom is 0.414 e. The molecule has 4 heterocycles. The normalized spacial score (nSPS) is 18.3. The summed E-state index contributed by atoms with van der Waals surface area (Å²) < 4.78 is 6.72. The van der Waals surface area contributed by atoms with E-state index in [4.69, 9.17) is 29.2 Å². The topological polar surface area (TPSA) is 122 Å². The van der Waals surface area contributed by atoms with Crippen LogP contribution >= 0.6 is 24.4 Å². The first-order valence-electron chi connectivity index (χ1n) is 10.2. The lowest BCUT2D eigenvalue weighted by Gasteiger charge is -2.36. The van der Waals surface area contributed by atoms with Crippen LogP contribution in [0.2, 0.25) is 0 Å². The number of amides is 1. The van der Waals surface area contributed by atoms with Crippen LogP contribution in [0.3, 0.4) is 0 Å². The van der Waals surface area contributed by atoms with E-state index < -0.39 is 11.0 Å². The van der Waals surface area contributed by atoms with E-state index in [1.54, 1.807) is 18.0 Å². The summed E-state index contributed by atoms with van der Waals surface area (Å²) in [5.74, 6) is 0.555. The first-order chi connectivity index (χ1) is 15.8. The Bertz CT molecular complexity index is 1070. The van der Waals surface area contributed by atoms with E-state index in [0.717, 1.165) is 5.82 Å². The molecule has 12 nitrogen and oxygen atoms in total. The summed E-state index contributed by atoms with van der Waals surface area (Å²) in [6.45, 7) is 5.28. The number of anilines is 2. The minimum atomic E-state index is -0.550. The van der Waals surface area contributed by atoms with Gasteiger partial charge in [-0.15, -0.1) is 4.68 Å². The van der Waals surface area contributed by atoms with Gasteiger partial charge in [0, 0.05) is 26.2 Å². The maximum atomic E-state index is 12.2. The molecule has 1 amide bonds. The predicted octanol–water partition coefficient (Wildman–Crippen LogP) is 1.40. The van der Waals surface area contributed by atoms with Crippen LogP contribution in [0.1, 0.15) is 6.92 Å². The SMILES string of the molecule is CC(=S)NCC1CN(c2ccc(N3CCN(C(=S)n4ccc([N+](=O)[O-])n4)CC3)nc2)C(=O)O1. The zero-order valence-corrected chi connectivity index (χ0v) is 19.4. The fourth-order valence-electron chi connectivity index (χ4n) is 3.61. The van der Waals surface area contributed by atoms with Crippen molar-refractivity contribution in [2.75, 3.05) is 49.1 Å². The molecule has 0 radical (unpaired) electrons. The van der Waals surface area contributed by atoms with E-state index in [9.17, 15) is 14.9 Å². The fraction of sp³-hybridized carbons (Fsp3) is 0.421. The fourth-order valence-corrected chi connectivity index (χ4v) is 3.98. The molecule has 2 saturated heterocycles. The van der Waals surface area contributed by atoms with Crippen molar-refractivity contribution in [3.63, 3.8) is 0 Å². The van der Waals surface area contributed by atoms with Crippen LogP contribution in [0, 0.1) is 10.1 Å². The first-order valence-corrected chi connectivity index (χ1v) is 11.1.